The predicted molar refractivity (Wildman–Crippen MR) is 59.0 cm³/mol. The third-order valence-corrected chi connectivity index (χ3v) is 3.22. The van der Waals surface area contributed by atoms with Crippen LogP contribution in [0.4, 0.5) is 0 Å². The van der Waals surface area contributed by atoms with Gasteiger partial charge in [0.1, 0.15) is 0 Å². The largest absolute Gasteiger partial charge is 0.386 e. The Kier molecular flexibility index (Phi) is 1.57. The number of hydrogen-bond donors (Lipinski definition) is 0. The highest BCUT2D eigenvalue weighted by Gasteiger charge is 2.14. The first-order chi connectivity index (χ1) is 7.58. The number of hydrogen-bond acceptors (Lipinski definition) is 6. The van der Waals surface area contributed by atoms with Crippen LogP contribution in [0.3, 0.4) is 0 Å². The van der Waals surface area contributed by atoms with Crippen LogP contribution in [0, 0.1) is 0 Å². The Morgan fingerprint density at radius 1 is 0.750 bits per heavy atom. The molecule has 0 unspecified atom stereocenters. The van der Waals surface area contributed by atoms with Crippen molar-refractivity contribution in [2.24, 2.45) is 0 Å². The highest BCUT2D eigenvalue weighted by Crippen LogP contribution is 2.14. The summed E-state index contributed by atoms with van der Waals surface area (Å²) in [5, 5.41) is 0.431. The molecule has 0 aliphatic carbocycles. The van der Waals surface area contributed by atoms with E-state index in [2.05, 4.69) is 4.42 Å². The van der Waals surface area contributed by atoms with Crippen LogP contribution in [-0.2, 0) is 0 Å². The van der Waals surface area contributed by atoms with Gasteiger partial charge in [-0.15, -0.1) is 0 Å². The molecule has 0 atom stereocenters. The maximum absolute atomic E-state index is 11.4. The number of thiophene rings is 1. The van der Waals surface area contributed by atoms with Crippen molar-refractivity contribution in [3.63, 3.8) is 0 Å². The maximum atomic E-state index is 11.4. The molecule has 1 aromatic carbocycles. The van der Waals surface area contributed by atoms with Gasteiger partial charge in [-0.2, -0.15) is 0 Å². The average molecular weight is 234 g/mol. The van der Waals surface area contributed by atoms with Crippen molar-refractivity contribution in [2.75, 3.05) is 0 Å². The first kappa shape index (κ1) is 9.17. The molecule has 0 N–H and O–H groups in total. The Hall–Kier alpha value is -2.08. The summed E-state index contributed by atoms with van der Waals surface area (Å²) in [5.41, 5.74) is -1.56. The highest BCUT2D eigenvalue weighted by molar-refractivity contribution is 7.08. The Balaban J connectivity index is 2.80. The monoisotopic (exact) mass is 234 g/mol. The molecule has 0 fully saturated rings. The van der Waals surface area contributed by atoms with E-state index in [1.165, 1.54) is 12.1 Å². The van der Waals surface area contributed by atoms with E-state index in [0.717, 1.165) is 0 Å². The molecule has 3 rings (SSSR count). The fraction of sp³-hybridized carbons (Fsp3) is 0. The van der Waals surface area contributed by atoms with Gasteiger partial charge in [0.15, 0.2) is 0 Å². The summed E-state index contributed by atoms with van der Waals surface area (Å²) >= 11 is 0.562. The van der Waals surface area contributed by atoms with Crippen molar-refractivity contribution in [3.05, 3.63) is 52.0 Å². The van der Waals surface area contributed by atoms with Gasteiger partial charge in [-0.05, 0) is 12.1 Å². The van der Waals surface area contributed by atoms with Crippen LogP contribution in [0.2, 0.25) is 0 Å². The second kappa shape index (κ2) is 2.73. The van der Waals surface area contributed by atoms with E-state index >= 15 is 0 Å². The summed E-state index contributed by atoms with van der Waals surface area (Å²) in [6, 6.07) is 2.50. The lowest BCUT2D eigenvalue weighted by Gasteiger charge is -1.85. The van der Waals surface area contributed by atoms with E-state index < -0.39 is 20.7 Å². The van der Waals surface area contributed by atoms with Crippen LogP contribution in [0.25, 0.3) is 21.5 Å². The van der Waals surface area contributed by atoms with Crippen LogP contribution in [0.15, 0.2) is 35.7 Å². The first-order valence-corrected chi connectivity index (χ1v) is 5.10. The third kappa shape index (κ3) is 0.989. The van der Waals surface area contributed by atoms with Crippen molar-refractivity contribution in [2.45, 2.75) is 0 Å². The molecule has 0 amide bonds. The van der Waals surface area contributed by atoms with E-state index in [0.29, 0.717) is 11.3 Å². The average Bonchev–Trinajstić information content (AvgIpc) is 2.67. The molecule has 0 spiro atoms. The SMILES string of the molecule is O=c1oc(=O)c2cc3c(=O)sc(=O)c3cc12. The molecule has 78 valence electrons. The van der Waals surface area contributed by atoms with E-state index in [4.69, 9.17) is 0 Å². The lowest BCUT2D eigenvalue weighted by Crippen LogP contribution is -1.94. The number of furan rings is 1. The molecular formula is C10H2O5S. The summed E-state index contributed by atoms with van der Waals surface area (Å²) in [6.07, 6.45) is 0. The van der Waals surface area contributed by atoms with Crippen LogP contribution in [0.1, 0.15) is 0 Å². The van der Waals surface area contributed by atoms with Gasteiger partial charge in [-0.25, -0.2) is 9.59 Å². The van der Waals surface area contributed by atoms with Crippen LogP contribution in [-0.4, -0.2) is 0 Å². The third-order valence-electron chi connectivity index (χ3n) is 2.41. The minimum absolute atomic E-state index is 0.0485. The molecule has 0 aliphatic rings. The van der Waals surface area contributed by atoms with E-state index in [1.807, 2.05) is 0 Å². The van der Waals surface area contributed by atoms with Gasteiger partial charge in [0.2, 0.25) is 9.48 Å². The molecule has 2 aromatic heterocycles. The molecule has 2 heterocycles. The Labute approximate surface area is 89.9 Å². The maximum Gasteiger partial charge on any atom is 0.346 e. The van der Waals surface area contributed by atoms with Crippen LogP contribution < -0.4 is 20.7 Å². The van der Waals surface area contributed by atoms with Gasteiger partial charge >= 0.3 is 11.3 Å². The molecule has 0 bridgehead atoms. The summed E-state index contributed by atoms with van der Waals surface area (Å²) in [6.45, 7) is 0. The van der Waals surface area contributed by atoms with Gasteiger partial charge in [0.25, 0.3) is 0 Å². The van der Waals surface area contributed by atoms with Crippen molar-refractivity contribution in [3.8, 4) is 0 Å². The van der Waals surface area contributed by atoms with Gasteiger partial charge in [-0.3, -0.25) is 9.59 Å². The second-order valence-corrected chi connectivity index (χ2v) is 4.24. The number of benzene rings is 1. The molecule has 3 aromatic rings. The van der Waals surface area contributed by atoms with Gasteiger partial charge in [0, 0.05) is 10.8 Å². The first-order valence-electron chi connectivity index (χ1n) is 4.29. The molecule has 0 radical (unpaired) electrons. The zero-order valence-electron chi connectivity index (χ0n) is 7.60. The molecule has 16 heavy (non-hydrogen) atoms. The normalized spacial score (nSPS) is 11.5. The zero-order valence-corrected chi connectivity index (χ0v) is 8.42. The fourth-order valence-electron chi connectivity index (χ4n) is 1.66. The molecule has 0 saturated heterocycles. The lowest BCUT2D eigenvalue weighted by atomic mass is 10.1. The standard InChI is InChI=1S/C10H2O5S/c11-7-3-1-5-6(10(14)16-9(5)13)2-4(3)8(12)15-7/h1-2H. The molecule has 0 saturated carbocycles. The van der Waals surface area contributed by atoms with Gasteiger partial charge in [-0.1, -0.05) is 11.3 Å². The van der Waals surface area contributed by atoms with E-state index in [9.17, 15) is 19.2 Å². The number of rotatable bonds is 0. The van der Waals surface area contributed by atoms with Crippen molar-refractivity contribution in [1.29, 1.82) is 0 Å². The minimum atomic E-state index is -0.778. The Morgan fingerprint density at radius 2 is 1.19 bits per heavy atom. The van der Waals surface area contributed by atoms with E-state index in [-0.39, 0.29) is 21.5 Å². The fourth-order valence-corrected chi connectivity index (χ4v) is 2.39. The summed E-state index contributed by atoms with van der Waals surface area (Å²) in [7, 11) is 0. The second-order valence-electron chi connectivity index (χ2n) is 3.30. The van der Waals surface area contributed by atoms with Crippen molar-refractivity contribution in [1.82, 2.24) is 0 Å². The van der Waals surface area contributed by atoms with Gasteiger partial charge < -0.3 is 4.42 Å². The summed E-state index contributed by atoms with van der Waals surface area (Å²) in [4.78, 5) is 45.2. The molecule has 6 heteroatoms. The van der Waals surface area contributed by atoms with E-state index in [1.54, 1.807) is 0 Å². The van der Waals surface area contributed by atoms with Crippen LogP contribution in [0.5, 0.6) is 0 Å². The predicted octanol–water partition coefficient (Wildman–Crippen LogP) is -0.0361. The summed E-state index contributed by atoms with van der Waals surface area (Å²) < 4.78 is 3.56. The highest BCUT2D eigenvalue weighted by atomic mass is 32.1. The lowest BCUT2D eigenvalue weighted by molar-refractivity contribution is 0.500. The van der Waals surface area contributed by atoms with Crippen LogP contribution >= 0.6 is 11.3 Å². The van der Waals surface area contributed by atoms with Crippen molar-refractivity contribution >= 4 is 32.9 Å². The number of fused-ring (bicyclic) bond motifs is 2. The zero-order chi connectivity index (χ0) is 11.4. The molecular weight excluding hydrogens is 232 g/mol. The molecule has 5 nitrogen and oxygen atoms in total. The Morgan fingerprint density at radius 3 is 1.62 bits per heavy atom. The smallest absolute Gasteiger partial charge is 0.346 e. The summed E-state index contributed by atoms with van der Waals surface area (Å²) in [5.74, 6) is 0. The quantitative estimate of drug-likeness (QED) is 0.545. The molecule has 0 aliphatic heterocycles. The van der Waals surface area contributed by atoms with Crippen molar-refractivity contribution < 1.29 is 4.42 Å². The van der Waals surface area contributed by atoms with Gasteiger partial charge in [0.05, 0.1) is 10.8 Å². The topological polar surface area (TPSA) is 81.4 Å². The minimum Gasteiger partial charge on any atom is -0.386 e. The Bertz CT molecular complexity index is 774.